The monoisotopic (exact) mass is 226 g/mol. The van der Waals surface area contributed by atoms with Crippen molar-refractivity contribution in [1.29, 1.82) is 0 Å². The van der Waals surface area contributed by atoms with Crippen molar-refractivity contribution >= 4 is 7.92 Å². The van der Waals surface area contributed by atoms with Gasteiger partial charge in [-0.2, -0.15) is 0 Å². The molecule has 2 saturated heterocycles. The van der Waals surface area contributed by atoms with Gasteiger partial charge < -0.3 is 0 Å². The van der Waals surface area contributed by atoms with E-state index >= 15 is 0 Å². The zero-order chi connectivity index (χ0) is 11.1. The van der Waals surface area contributed by atoms with E-state index in [-0.39, 0.29) is 0 Å². The highest BCUT2D eigenvalue weighted by Crippen LogP contribution is 2.70. The van der Waals surface area contributed by atoms with Crippen LogP contribution in [0.1, 0.15) is 66.2 Å². The predicted octanol–water partition coefficient (Wildman–Crippen LogP) is 5.01. The Bertz CT molecular complexity index is 221. The molecule has 2 aliphatic rings. The molecule has 0 nitrogen and oxygen atoms in total. The van der Waals surface area contributed by atoms with Crippen LogP contribution in [-0.2, 0) is 0 Å². The molecular formula is C14H27P. The van der Waals surface area contributed by atoms with Crippen molar-refractivity contribution < 1.29 is 0 Å². The van der Waals surface area contributed by atoms with Gasteiger partial charge >= 0.3 is 0 Å². The first-order valence-electron chi connectivity index (χ1n) is 6.84. The quantitative estimate of drug-likeness (QED) is 0.581. The van der Waals surface area contributed by atoms with Gasteiger partial charge in [-0.1, -0.05) is 42.0 Å². The Hall–Kier alpha value is 0.430. The van der Waals surface area contributed by atoms with Gasteiger partial charge in [0.25, 0.3) is 0 Å². The summed E-state index contributed by atoms with van der Waals surface area (Å²) in [4.78, 5) is 0. The topological polar surface area (TPSA) is 0 Å². The van der Waals surface area contributed by atoms with Crippen LogP contribution in [0, 0.1) is 5.92 Å². The Morgan fingerprint density at radius 1 is 1.20 bits per heavy atom. The first-order chi connectivity index (χ1) is 7.06. The summed E-state index contributed by atoms with van der Waals surface area (Å²) in [6, 6.07) is 0. The van der Waals surface area contributed by atoms with Gasteiger partial charge in [0.2, 0.25) is 0 Å². The van der Waals surface area contributed by atoms with Crippen LogP contribution in [0.15, 0.2) is 0 Å². The van der Waals surface area contributed by atoms with Crippen LogP contribution >= 0.6 is 7.92 Å². The summed E-state index contributed by atoms with van der Waals surface area (Å²) in [6.07, 6.45) is 9.03. The molecule has 0 aromatic rings. The van der Waals surface area contributed by atoms with E-state index in [1.54, 1.807) is 12.8 Å². The van der Waals surface area contributed by atoms with Crippen LogP contribution in [0.2, 0.25) is 0 Å². The smallest absolute Gasteiger partial charge is 0.0146 e. The van der Waals surface area contributed by atoms with Crippen LogP contribution in [0.5, 0.6) is 0 Å². The fraction of sp³-hybridized carbons (Fsp3) is 1.00. The van der Waals surface area contributed by atoms with E-state index < -0.39 is 0 Å². The molecule has 4 atom stereocenters. The van der Waals surface area contributed by atoms with Crippen molar-refractivity contribution in [2.45, 2.75) is 82.7 Å². The summed E-state index contributed by atoms with van der Waals surface area (Å²) in [5.74, 6) is 1.03. The number of fused-ring (bicyclic) bond motifs is 1. The van der Waals surface area contributed by atoms with E-state index in [0.29, 0.717) is 13.1 Å². The highest BCUT2D eigenvalue weighted by Gasteiger charge is 2.48. The lowest BCUT2D eigenvalue weighted by Crippen LogP contribution is -2.30. The maximum atomic E-state index is 2.55. The average molecular weight is 226 g/mol. The summed E-state index contributed by atoms with van der Waals surface area (Å²) in [5, 5.41) is 0.703. The second kappa shape index (κ2) is 4.36. The molecule has 0 aliphatic carbocycles. The Morgan fingerprint density at radius 3 is 2.60 bits per heavy atom. The zero-order valence-corrected chi connectivity index (χ0v) is 11.8. The van der Waals surface area contributed by atoms with Crippen LogP contribution < -0.4 is 0 Å². The van der Waals surface area contributed by atoms with Crippen LogP contribution in [-0.4, -0.2) is 16.5 Å². The van der Waals surface area contributed by atoms with Gasteiger partial charge in [-0.15, -0.1) is 0 Å². The SMILES string of the molecule is CCCC1CCC(C)C2CCC(C)(C)P12. The Labute approximate surface area is 97.0 Å². The lowest BCUT2D eigenvalue weighted by atomic mass is 9.94. The Morgan fingerprint density at radius 2 is 1.93 bits per heavy atom. The molecule has 88 valence electrons. The zero-order valence-electron chi connectivity index (χ0n) is 10.9. The third-order valence-electron chi connectivity index (χ3n) is 4.74. The first-order valence-corrected chi connectivity index (χ1v) is 8.32. The average Bonchev–Trinajstić information content (AvgIpc) is 2.49. The number of rotatable bonds is 2. The van der Waals surface area contributed by atoms with Gasteiger partial charge in [-0.25, -0.2) is 0 Å². The standard InChI is InChI=1S/C14H27P/c1-5-6-12-8-7-11(2)13-9-10-14(3,4)15(12)13/h11-13H,5-10H2,1-4H3. The molecule has 0 aromatic carbocycles. The van der Waals surface area contributed by atoms with Gasteiger partial charge in [-0.05, 0) is 54.5 Å². The summed E-state index contributed by atoms with van der Waals surface area (Å²) in [5.41, 5.74) is 2.24. The first kappa shape index (κ1) is 11.9. The molecule has 4 unspecified atom stereocenters. The molecule has 0 aromatic heterocycles. The Balaban J connectivity index is 2.16. The minimum atomic E-state index is 0.328. The summed E-state index contributed by atoms with van der Waals surface area (Å²) in [7, 11) is 0.328. The van der Waals surface area contributed by atoms with E-state index in [4.69, 9.17) is 0 Å². The van der Waals surface area contributed by atoms with E-state index in [2.05, 4.69) is 27.7 Å². The van der Waals surface area contributed by atoms with E-state index in [9.17, 15) is 0 Å². The molecule has 15 heavy (non-hydrogen) atoms. The van der Waals surface area contributed by atoms with Gasteiger partial charge in [0.05, 0.1) is 0 Å². The van der Waals surface area contributed by atoms with Gasteiger partial charge in [0, 0.05) is 0 Å². The van der Waals surface area contributed by atoms with Crippen LogP contribution in [0.4, 0.5) is 0 Å². The van der Waals surface area contributed by atoms with E-state index in [1.807, 2.05) is 0 Å². The predicted molar refractivity (Wildman–Crippen MR) is 71.1 cm³/mol. The van der Waals surface area contributed by atoms with Gasteiger partial charge in [0.15, 0.2) is 0 Å². The molecule has 0 bridgehead atoms. The molecule has 0 radical (unpaired) electrons. The fourth-order valence-corrected chi connectivity index (χ4v) is 8.83. The van der Waals surface area contributed by atoms with Crippen molar-refractivity contribution in [1.82, 2.24) is 0 Å². The molecule has 2 heterocycles. The molecule has 0 amide bonds. The largest absolute Gasteiger partial charge is 0.0942 e. The Kier molecular flexibility index (Phi) is 3.46. The lowest BCUT2D eigenvalue weighted by Gasteiger charge is -2.44. The summed E-state index contributed by atoms with van der Waals surface area (Å²) in [6.45, 7) is 9.99. The van der Waals surface area contributed by atoms with Crippen molar-refractivity contribution in [2.24, 2.45) is 5.92 Å². The van der Waals surface area contributed by atoms with Crippen molar-refractivity contribution in [2.75, 3.05) is 0 Å². The molecule has 0 spiro atoms. The molecule has 2 fully saturated rings. The summed E-state index contributed by atoms with van der Waals surface area (Å²) < 4.78 is 0. The second-order valence-corrected chi connectivity index (χ2v) is 9.74. The second-order valence-electron chi connectivity index (χ2n) is 6.32. The lowest BCUT2D eigenvalue weighted by molar-refractivity contribution is 0.440. The number of hydrogen-bond donors (Lipinski definition) is 0. The number of hydrogen-bond acceptors (Lipinski definition) is 0. The van der Waals surface area contributed by atoms with Crippen LogP contribution in [0.3, 0.4) is 0 Å². The third kappa shape index (κ3) is 2.12. The molecule has 0 saturated carbocycles. The fourth-order valence-electron chi connectivity index (χ4n) is 3.95. The van der Waals surface area contributed by atoms with Crippen LogP contribution in [0.25, 0.3) is 0 Å². The molecular weight excluding hydrogens is 199 g/mol. The highest BCUT2D eigenvalue weighted by atomic mass is 31.1. The minimum absolute atomic E-state index is 0.328. The van der Waals surface area contributed by atoms with Crippen molar-refractivity contribution in [3.05, 3.63) is 0 Å². The van der Waals surface area contributed by atoms with Crippen molar-refractivity contribution in [3.63, 3.8) is 0 Å². The molecule has 1 heteroatoms. The maximum absolute atomic E-state index is 2.55. The van der Waals surface area contributed by atoms with E-state index in [0.717, 1.165) is 17.2 Å². The highest BCUT2D eigenvalue weighted by molar-refractivity contribution is 7.61. The van der Waals surface area contributed by atoms with Crippen molar-refractivity contribution in [3.8, 4) is 0 Å². The maximum Gasteiger partial charge on any atom is -0.0146 e. The third-order valence-corrected chi connectivity index (χ3v) is 9.14. The molecule has 2 aliphatic heterocycles. The summed E-state index contributed by atoms with van der Waals surface area (Å²) >= 11 is 0. The van der Waals surface area contributed by atoms with Gasteiger partial charge in [-0.3, -0.25) is 0 Å². The minimum Gasteiger partial charge on any atom is -0.0942 e. The van der Waals surface area contributed by atoms with Gasteiger partial charge in [0.1, 0.15) is 0 Å². The molecule has 2 rings (SSSR count). The molecule has 0 N–H and O–H groups in total. The van der Waals surface area contributed by atoms with E-state index in [1.165, 1.54) is 25.7 Å². The normalized spacial score (nSPS) is 44.0.